The van der Waals surface area contributed by atoms with Crippen LogP contribution in [-0.2, 0) is 4.79 Å². The zero-order valence-electron chi connectivity index (χ0n) is 13.3. The van der Waals surface area contributed by atoms with Crippen LogP contribution in [0.3, 0.4) is 0 Å². The molecule has 0 spiro atoms. The topological polar surface area (TPSA) is 32.3 Å². The fourth-order valence-corrected chi connectivity index (χ4v) is 2.68. The van der Waals surface area contributed by atoms with Gasteiger partial charge in [0.15, 0.2) is 0 Å². The van der Waals surface area contributed by atoms with E-state index in [9.17, 15) is 4.79 Å². The summed E-state index contributed by atoms with van der Waals surface area (Å²) in [5.74, 6) is 1.42. The van der Waals surface area contributed by atoms with E-state index in [0.717, 1.165) is 25.2 Å². The summed E-state index contributed by atoms with van der Waals surface area (Å²) in [4.78, 5) is 14.0. The van der Waals surface area contributed by atoms with Crippen molar-refractivity contribution in [3.05, 3.63) is 29.8 Å². The SMILES string of the molecule is CC(C)c1ccc(N(C)C(=O)CCC2CCNC2)cc1.Cl. The van der Waals surface area contributed by atoms with Gasteiger partial charge in [-0.25, -0.2) is 0 Å². The highest BCUT2D eigenvalue weighted by atomic mass is 35.5. The van der Waals surface area contributed by atoms with Gasteiger partial charge in [-0.1, -0.05) is 26.0 Å². The molecule has 118 valence electrons. The summed E-state index contributed by atoms with van der Waals surface area (Å²) in [6.45, 7) is 6.53. The Balaban J connectivity index is 0.00000220. The lowest BCUT2D eigenvalue weighted by atomic mass is 10.0. The van der Waals surface area contributed by atoms with Crippen LogP contribution in [0.25, 0.3) is 0 Å². The molecular formula is C17H27ClN2O. The molecule has 1 amide bonds. The summed E-state index contributed by atoms with van der Waals surface area (Å²) >= 11 is 0. The van der Waals surface area contributed by atoms with Gasteiger partial charge in [0.1, 0.15) is 0 Å². The van der Waals surface area contributed by atoms with Crippen LogP contribution in [0.4, 0.5) is 5.69 Å². The molecule has 0 saturated carbocycles. The van der Waals surface area contributed by atoms with Gasteiger partial charge in [0.25, 0.3) is 0 Å². The van der Waals surface area contributed by atoms with Crippen LogP contribution in [0.5, 0.6) is 0 Å². The number of hydrogen-bond donors (Lipinski definition) is 1. The molecule has 0 bridgehead atoms. The van der Waals surface area contributed by atoms with Crippen molar-refractivity contribution in [2.45, 2.75) is 39.0 Å². The van der Waals surface area contributed by atoms with Crippen LogP contribution in [0.2, 0.25) is 0 Å². The van der Waals surface area contributed by atoms with Gasteiger partial charge in [0, 0.05) is 19.2 Å². The lowest BCUT2D eigenvalue weighted by Gasteiger charge is -2.19. The van der Waals surface area contributed by atoms with Crippen molar-refractivity contribution in [3.8, 4) is 0 Å². The maximum absolute atomic E-state index is 12.2. The van der Waals surface area contributed by atoms with E-state index in [0.29, 0.717) is 18.3 Å². The fraction of sp³-hybridized carbons (Fsp3) is 0.588. The van der Waals surface area contributed by atoms with E-state index in [1.54, 1.807) is 4.90 Å². The molecular weight excluding hydrogens is 284 g/mol. The van der Waals surface area contributed by atoms with E-state index in [1.807, 2.05) is 19.2 Å². The second-order valence-electron chi connectivity index (χ2n) is 6.10. The molecule has 1 saturated heterocycles. The first-order valence-corrected chi connectivity index (χ1v) is 7.65. The Kier molecular flexibility index (Phi) is 7.20. The number of nitrogens with zero attached hydrogens (tertiary/aromatic N) is 1. The van der Waals surface area contributed by atoms with Gasteiger partial charge in [-0.05, 0) is 55.5 Å². The Bertz CT molecular complexity index is 439. The predicted octanol–water partition coefficient (Wildman–Crippen LogP) is 3.58. The standard InChI is InChI=1S/C17H26N2O.ClH/c1-13(2)15-5-7-16(8-6-15)19(3)17(20)9-4-14-10-11-18-12-14;/h5-8,13-14,18H,4,9-12H2,1-3H3;1H. The normalized spacial score (nSPS) is 17.6. The van der Waals surface area contributed by atoms with Crippen LogP contribution in [0, 0.1) is 5.92 Å². The van der Waals surface area contributed by atoms with Crippen LogP contribution in [0.15, 0.2) is 24.3 Å². The van der Waals surface area contributed by atoms with Gasteiger partial charge in [-0.15, -0.1) is 12.4 Å². The highest BCUT2D eigenvalue weighted by Gasteiger charge is 2.17. The number of amides is 1. The van der Waals surface area contributed by atoms with Crippen molar-refractivity contribution in [3.63, 3.8) is 0 Å². The third kappa shape index (κ3) is 5.01. The van der Waals surface area contributed by atoms with Gasteiger partial charge >= 0.3 is 0 Å². The largest absolute Gasteiger partial charge is 0.316 e. The minimum absolute atomic E-state index is 0. The highest BCUT2D eigenvalue weighted by molar-refractivity contribution is 5.92. The van der Waals surface area contributed by atoms with Gasteiger partial charge in [-0.2, -0.15) is 0 Å². The van der Waals surface area contributed by atoms with E-state index in [4.69, 9.17) is 0 Å². The monoisotopic (exact) mass is 310 g/mol. The third-order valence-electron chi connectivity index (χ3n) is 4.25. The number of rotatable bonds is 5. The average molecular weight is 311 g/mol. The van der Waals surface area contributed by atoms with Crippen LogP contribution < -0.4 is 10.2 Å². The zero-order valence-corrected chi connectivity index (χ0v) is 14.1. The molecule has 1 aliphatic rings. The summed E-state index contributed by atoms with van der Waals surface area (Å²) in [5.41, 5.74) is 2.30. The second-order valence-corrected chi connectivity index (χ2v) is 6.10. The van der Waals surface area contributed by atoms with Gasteiger partial charge in [0.05, 0.1) is 0 Å². The molecule has 1 aromatic rings. The maximum atomic E-state index is 12.2. The molecule has 1 fully saturated rings. The van der Waals surface area contributed by atoms with Crippen LogP contribution in [0.1, 0.15) is 44.6 Å². The minimum Gasteiger partial charge on any atom is -0.316 e. The number of benzene rings is 1. The lowest BCUT2D eigenvalue weighted by molar-refractivity contribution is -0.118. The van der Waals surface area contributed by atoms with Crippen molar-refractivity contribution < 1.29 is 4.79 Å². The molecule has 1 aliphatic heterocycles. The van der Waals surface area contributed by atoms with Crippen molar-refractivity contribution in [1.29, 1.82) is 0 Å². The Morgan fingerprint density at radius 1 is 1.33 bits per heavy atom. The van der Waals surface area contributed by atoms with Crippen molar-refractivity contribution in [2.24, 2.45) is 5.92 Å². The Labute approximate surface area is 134 Å². The number of carbonyl (C=O) groups excluding carboxylic acids is 1. The molecule has 1 heterocycles. The molecule has 3 nitrogen and oxygen atoms in total. The molecule has 1 aromatic carbocycles. The van der Waals surface area contributed by atoms with E-state index in [-0.39, 0.29) is 18.3 Å². The third-order valence-corrected chi connectivity index (χ3v) is 4.25. The lowest BCUT2D eigenvalue weighted by Crippen LogP contribution is -2.26. The molecule has 0 radical (unpaired) electrons. The van der Waals surface area contributed by atoms with E-state index >= 15 is 0 Å². The molecule has 4 heteroatoms. The van der Waals surface area contributed by atoms with Gasteiger partial charge in [0.2, 0.25) is 5.91 Å². The second kappa shape index (κ2) is 8.40. The predicted molar refractivity (Wildman–Crippen MR) is 91.4 cm³/mol. The van der Waals surface area contributed by atoms with Gasteiger partial charge < -0.3 is 10.2 Å². The molecule has 21 heavy (non-hydrogen) atoms. The number of halogens is 1. The van der Waals surface area contributed by atoms with Crippen LogP contribution in [-0.4, -0.2) is 26.0 Å². The number of hydrogen-bond acceptors (Lipinski definition) is 2. The maximum Gasteiger partial charge on any atom is 0.226 e. The molecule has 0 aromatic heterocycles. The van der Waals surface area contributed by atoms with E-state index in [1.165, 1.54) is 12.0 Å². The Hall–Kier alpha value is -1.06. The summed E-state index contributed by atoms with van der Waals surface area (Å²) in [5, 5.41) is 3.35. The van der Waals surface area contributed by atoms with Gasteiger partial charge in [-0.3, -0.25) is 4.79 Å². The minimum atomic E-state index is 0. The van der Waals surface area contributed by atoms with Crippen LogP contribution >= 0.6 is 12.4 Å². The molecule has 0 aliphatic carbocycles. The van der Waals surface area contributed by atoms with Crippen molar-refractivity contribution in [2.75, 3.05) is 25.0 Å². The molecule has 1 N–H and O–H groups in total. The highest BCUT2D eigenvalue weighted by Crippen LogP contribution is 2.21. The van der Waals surface area contributed by atoms with E-state index in [2.05, 4.69) is 31.3 Å². The quantitative estimate of drug-likeness (QED) is 0.901. The molecule has 1 unspecified atom stereocenters. The average Bonchev–Trinajstić information content (AvgIpc) is 2.97. The van der Waals surface area contributed by atoms with E-state index < -0.39 is 0 Å². The summed E-state index contributed by atoms with van der Waals surface area (Å²) in [6.07, 6.45) is 2.86. The fourth-order valence-electron chi connectivity index (χ4n) is 2.68. The first-order valence-electron chi connectivity index (χ1n) is 7.65. The number of anilines is 1. The Morgan fingerprint density at radius 2 is 2.00 bits per heavy atom. The summed E-state index contributed by atoms with van der Waals surface area (Å²) < 4.78 is 0. The Morgan fingerprint density at radius 3 is 2.52 bits per heavy atom. The summed E-state index contributed by atoms with van der Waals surface area (Å²) in [7, 11) is 1.87. The molecule has 1 atom stereocenters. The molecule has 2 rings (SSSR count). The summed E-state index contributed by atoms with van der Waals surface area (Å²) in [6, 6.07) is 8.32. The number of nitrogens with one attached hydrogen (secondary N) is 1. The smallest absolute Gasteiger partial charge is 0.226 e. The van der Waals surface area contributed by atoms with Crippen molar-refractivity contribution >= 4 is 24.0 Å². The number of carbonyl (C=O) groups is 1. The zero-order chi connectivity index (χ0) is 14.5. The first-order chi connectivity index (χ1) is 9.58. The first kappa shape index (κ1) is 18.0. The van der Waals surface area contributed by atoms with Crippen molar-refractivity contribution in [1.82, 2.24) is 5.32 Å².